The minimum atomic E-state index is 0.432. The maximum atomic E-state index is 6.20. The van der Waals surface area contributed by atoms with Crippen molar-refractivity contribution in [3.63, 3.8) is 0 Å². The first-order chi connectivity index (χ1) is 8.61. The molecule has 1 nitrogen and oxygen atoms in total. The van der Waals surface area contributed by atoms with Crippen LogP contribution in [0.3, 0.4) is 0 Å². The fourth-order valence-corrected chi connectivity index (χ4v) is 3.29. The van der Waals surface area contributed by atoms with E-state index >= 15 is 0 Å². The zero-order valence-corrected chi connectivity index (χ0v) is 12.4. The molecule has 0 saturated carbocycles. The van der Waals surface area contributed by atoms with Gasteiger partial charge >= 0.3 is 0 Å². The van der Waals surface area contributed by atoms with E-state index in [0.29, 0.717) is 21.6 Å². The van der Waals surface area contributed by atoms with Crippen LogP contribution in [0.25, 0.3) is 0 Å². The van der Waals surface area contributed by atoms with Crippen LogP contribution in [-0.4, -0.2) is 0 Å². The fourth-order valence-electron chi connectivity index (χ4n) is 1.49. The van der Waals surface area contributed by atoms with Crippen molar-refractivity contribution < 1.29 is 0 Å². The normalized spacial score (nSPS) is 10.7. The molecule has 2 N–H and O–H groups in total. The predicted octanol–water partition coefficient (Wildman–Crippen LogP) is 5.26. The molecule has 0 aromatic heterocycles. The van der Waals surface area contributed by atoms with Gasteiger partial charge < -0.3 is 5.73 Å². The largest absolute Gasteiger partial charge is 0.326 e. The summed E-state index contributed by atoms with van der Waals surface area (Å²) in [6.07, 6.45) is 0. The zero-order chi connectivity index (χ0) is 13.1. The molecule has 2 rings (SSSR count). The molecule has 0 spiro atoms. The third-order valence-electron chi connectivity index (χ3n) is 2.37. The first kappa shape index (κ1) is 14.0. The smallest absolute Gasteiger partial charge is 0.0548 e. The fraction of sp³-hybridized carbons (Fsp3) is 0.0769. The van der Waals surface area contributed by atoms with E-state index < -0.39 is 0 Å². The molecule has 0 bridgehead atoms. The summed E-state index contributed by atoms with van der Waals surface area (Å²) in [5.41, 5.74) is 6.70. The second kappa shape index (κ2) is 6.18. The van der Waals surface area contributed by atoms with E-state index in [4.69, 9.17) is 40.5 Å². The van der Waals surface area contributed by atoms with Crippen LogP contribution in [0.2, 0.25) is 15.1 Å². The standard InChI is InChI=1S/C13H10Cl3NS/c14-9-4-5-10(15)12(6-9)18-13-8(7-17)2-1-3-11(13)16/h1-6H,7,17H2. The van der Waals surface area contributed by atoms with Gasteiger partial charge in [-0.05, 0) is 29.8 Å². The Labute approximate surface area is 125 Å². The molecule has 0 saturated heterocycles. The molecule has 0 atom stereocenters. The molecule has 0 aliphatic heterocycles. The first-order valence-electron chi connectivity index (χ1n) is 5.22. The van der Waals surface area contributed by atoms with Crippen LogP contribution in [0, 0.1) is 0 Å². The van der Waals surface area contributed by atoms with Crippen molar-refractivity contribution >= 4 is 46.6 Å². The van der Waals surface area contributed by atoms with Gasteiger partial charge in [0.25, 0.3) is 0 Å². The third-order valence-corrected chi connectivity index (χ3v) is 4.72. The van der Waals surface area contributed by atoms with Crippen LogP contribution in [0.1, 0.15) is 5.56 Å². The van der Waals surface area contributed by atoms with E-state index in [1.165, 1.54) is 11.8 Å². The number of hydrogen-bond acceptors (Lipinski definition) is 2. The lowest BCUT2D eigenvalue weighted by molar-refractivity contribution is 1.03. The molecule has 0 aliphatic rings. The van der Waals surface area contributed by atoms with Gasteiger partial charge in [0.05, 0.1) is 10.0 Å². The lowest BCUT2D eigenvalue weighted by Gasteiger charge is -2.10. The number of rotatable bonds is 3. The van der Waals surface area contributed by atoms with Crippen molar-refractivity contribution in [1.82, 2.24) is 0 Å². The summed E-state index contributed by atoms with van der Waals surface area (Å²) in [5, 5.41) is 1.95. The van der Waals surface area contributed by atoms with Gasteiger partial charge in [-0.3, -0.25) is 0 Å². The van der Waals surface area contributed by atoms with Gasteiger partial charge in [0.15, 0.2) is 0 Å². The minimum Gasteiger partial charge on any atom is -0.326 e. The quantitative estimate of drug-likeness (QED) is 0.835. The van der Waals surface area contributed by atoms with Gasteiger partial charge in [-0.15, -0.1) is 0 Å². The van der Waals surface area contributed by atoms with Crippen molar-refractivity contribution in [2.75, 3.05) is 0 Å². The summed E-state index contributed by atoms with van der Waals surface area (Å²) in [6.45, 7) is 0.432. The van der Waals surface area contributed by atoms with Crippen LogP contribution in [0.4, 0.5) is 0 Å². The van der Waals surface area contributed by atoms with Crippen molar-refractivity contribution in [1.29, 1.82) is 0 Å². The van der Waals surface area contributed by atoms with Crippen molar-refractivity contribution in [3.8, 4) is 0 Å². The molecule has 94 valence electrons. The van der Waals surface area contributed by atoms with Gasteiger partial charge in [0.1, 0.15) is 0 Å². The monoisotopic (exact) mass is 317 g/mol. The van der Waals surface area contributed by atoms with E-state index in [-0.39, 0.29) is 0 Å². The van der Waals surface area contributed by atoms with Crippen LogP contribution in [0.15, 0.2) is 46.2 Å². The Bertz CT molecular complexity index is 572. The Morgan fingerprint density at radius 3 is 2.50 bits per heavy atom. The van der Waals surface area contributed by atoms with Gasteiger partial charge in [0.2, 0.25) is 0 Å². The van der Waals surface area contributed by atoms with Crippen LogP contribution in [-0.2, 0) is 6.54 Å². The average molecular weight is 319 g/mol. The summed E-state index contributed by atoms with van der Waals surface area (Å²) < 4.78 is 0. The van der Waals surface area contributed by atoms with Crippen LogP contribution >= 0.6 is 46.6 Å². The lowest BCUT2D eigenvalue weighted by atomic mass is 10.2. The van der Waals surface area contributed by atoms with Gasteiger partial charge in [-0.25, -0.2) is 0 Å². The van der Waals surface area contributed by atoms with E-state index in [1.54, 1.807) is 12.1 Å². The van der Waals surface area contributed by atoms with Gasteiger partial charge in [-0.1, -0.05) is 58.7 Å². The third kappa shape index (κ3) is 3.14. The molecule has 5 heteroatoms. The highest BCUT2D eigenvalue weighted by atomic mass is 35.5. The molecule has 2 aromatic carbocycles. The van der Waals surface area contributed by atoms with E-state index in [1.807, 2.05) is 24.3 Å². The maximum Gasteiger partial charge on any atom is 0.0548 e. The molecule has 0 radical (unpaired) electrons. The zero-order valence-electron chi connectivity index (χ0n) is 9.29. The van der Waals surface area contributed by atoms with Gasteiger partial charge in [0, 0.05) is 21.4 Å². The van der Waals surface area contributed by atoms with Gasteiger partial charge in [-0.2, -0.15) is 0 Å². The molecule has 2 aromatic rings. The highest BCUT2D eigenvalue weighted by molar-refractivity contribution is 7.99. The maximum absolute atomic E-state index is 6.20. The van der Waals surface area contributed by atoms with E-state index in [2.05, 4.69) is 0 Å². The van der Waals surface area contributed by atoms with Crippen LogP contribution < -0.4 is 5.73 Å². The molecular formula is C13H10Cl3NS. The Kier molecular flexibility index (Phi) is 4.82. The molecule has 0 aliphatic carbocycles. The Morgan fingerprint density at radius 1 is 1.00 bits per heavy atom. The van der Waals surface area contributed by atoms with Crippen molar-refractivity contribution in [2.45, 2.75) is 16.3 Å². The molecule has 0 fully saturated rings. The number of nitrogens with two attached hydrogens (primary N) is 1. The summed E-state index contributed by atoms with van der Waals surface area (Å²) in [6, 6.07) is 11.0. The Morgan fingerprint density at radius 2 is 1.78 bits per heavy atom. The summed E-state index contributed by atoms with van der Waals surface area (Å²) >= 11 is 19.8. The second-order valence-corrected chi connectivity index (χ2v) is 5.91. The highest BCUT2D eigenvalue weighted by Crippen LogP contribution is 2.40. The Hall–Kier alpha value is -0.380. The molecular weight excluding hydrogens is 309 g/mol. The molecule has 18 heavy (non-hydrogen) atoms. The number of benzene rings is 2. The minimum absolute atomic E-state index is 0.432. The predicted molar refractivity (Wildman–Crippen MR) is 79.9 cm³/mol. The van der Waals surface area contributed by atoms with Crippen molar-refractivity contribution in [3.05, 3.63) is 57.0 Å². The lowest BCUT2D eigenvalue weighted by Crippen LogP contribution is -1.98. The Balaban J connectivity index is 2.42. The molecule has 0 unspecified atom stereocenters. The SMILES string of the molecule is NCc1cccc(Cl)c1Sc1cc(Cl)ccc1Cl. The number of halogens is 3. The number of hydrogen-bond donors (Lipinski definition) is 1. The molecule has 0 amide bonds. The average Bonchev–Trinajstić information content (AvgIpc) is 2.36. The topological polar surface area (TPSA) is 26.0 Å². The first-order valence-corrected chi connectivity index (χ1v) is 7.17. The van der Waals surface area contributed by atoms with E-state index in [9.17, 15) is 0 Å². The second-order valence-electron chi connectivity index (χ2n) is 3.61. The summed E-state index contributed by atoms with van der Waals surface area (Å²) in [5.74, 6) is 0. The van der Waals surface area contributed by atoms with Crippen LogP contribution in [0.5, 0.6) is 0 Å². The summed E-state index contributed by atoms with van der Waals surface area (Å²) in [7, 11) is 0. The summed E-state index contributed by atoms with van der Waals surface area (Å²) in [4.78, 5) is 1.79. The van der Waals surface area contributed by atoms with Crippen molar-refractivity contribution in [2.24, 2.45) is 5.73 Å². The van der Waals surface area contributed by atoms with E-state index in [0.717, 1.165) is 15.4 Å². The molecule has 0 heterocycles. The highest BCUT2D eigenvalue weighted by Gasteiger charge is 2.10.